The van der Waals surface area contributed by atoms with Gasteiger partial charge in [-0.05, 0) is 49.6 Å². The fraction of sp³-hybridized carbons (Fsp3) is 0.435. The van der Waals surface area contributed by atoms with Gasteiger partial charge in [-0.3, -0.25) is 0 Å². The fourth-order valence-corrected chi connectivity index (χ4v) is 4.42. The number of aliphatic hydroxyl groups is 1. The Labute approximate surface area is 171 Å². The Morgan fingerprint density at radius 2 is 1.96 bits per heavy atom. The maximum Gasteiger partial charge on any atom is 0.138 e. The molecule has 1 atom stereocenters. The lowest BCUT2D eigenvalue weighted by Crippen LogP contribution is -2.25. The highest BCUT2D eigenvalue weighted by Gasteiger charge is 2.23. The summed E-state index contributed by atoms with van der Waals surface area (Å²) in [6.45, 7) is 2.65. The molecule has 28 heavy (non-hydrogen) atoms. The van der Waals surface area contributed by atoms with Gasteiger partial charge in [0.15, 0.2) is 0 Å². The van der Waals surface area contributed by atoms with Gasteiger partial charge in [0.05, 0.1) is 22.6 Å². The molecule has 1 aromatic heterocycles. The second-order valence-electron chi connectivity index (χ2n) is 7.80. The molecule has 0 radical (unpaired) electrons. The van der Waals surface area contributed by atoms with Crippen LogP contribution in [0.3, 0.4) is 0 Å². The first-order chi connectivity index (χ1) is 13.6. The summed E-state index contributed by atoms with van der Waals surface area (Å²) in [6, 6.07) is 13.9. The van der Waals surface area contributed by atoms with Gasteiger partial charge in [-0.1, -0.05) is 49.1 Å². The van der Waals surface area contributed by atoms with E-state index in [1.54, 1.807) is 0 Å². The van der Waals surface area contributed by atoms with Gasteiger partial charge in [0.25, 0.3) is 0 Å². The molecule has 1 unspecified atom stereocenters. The van der Waals surface area contributed by atoms with E-state index >= 15 is 0 Å². The number of aliphatic hydroxyl groups excluding tert-OH is 1. The van der Waals surface area contributed by atoms with E-state index in [4.69, 9.17) is 21.3 Å². The summed E-state index contributed by atoms with van der Waals surface area (Å²) < 4.78 is 7.97. The van der Waals surface area contributed by atoms with E-state index in [2.05, 4.69) is 10.6 Å². The van der Waals surface area contributed by atoms with Gasteiger partial charge in [0, 0.05) is 5.92 Å². The number of nitrogens with zero attached hydrogens (tertiary/aromatic N) is 2. The maximum atomic E-state index is 10.7. The number of aryl methyl sites for hydroxylation is 1. The van der Waals surface area contributed by atoms with Crippen LogP contribution in [0.4, 0.5) is 0 Å². The number of benzene rings is 2. The van der Waals surface area contributed by atoms with Crippen molar-refractivity contribution >= 4 is 22.6 Å². The molecule has 0 bridgehead atoms. The summed E-state index contributed by atoms with van der Waals surface area (Å²) in [5.41, 5.74) is 3.16. The summed E-state index contributed by atoms with van der Waals surface area (Å²) in [4.78, 5) is 4.92. The number of imidazole rings is 1. The van der Waals surface area contributed by atoms with Crippen molar-refractivity contribution in [2.24, 2.45) is 0 Å². The Hall–Kier alpha value is -2.04. The molecule has 0 aliphatic heterocycles. The first-order valence-corrected chi connectivity index (χ1v) is 10.5. The molecule has 1 aliphatic carbocycles. The lowest BCUT2D eigenvalue weighted by molar-refractivity contribution is 0.0922. The van der Waals surface area contributed by atoms with Gasteiger partial charge in [-0.2, -0.15) is 0 Å². The second-order valence-corrected chi connectivity index (χ2v) is 8.21. The van der Waals surface area contributed by atoms with Gasteiger partial charge in [0.1, 0.15) is 24.3 Å². The average molecular weight is 399 g/mol. The van der Waals surface area contributed by atoms with Crippen LogP contribution >= 0.6 is 11.6 Å². The third-order valence-electron chi connectivity index (χ3n) is 5.57. The minimum absolute atomic E-state index is 0.194. The van der Waals surface area contributed by atoms with Crippen LogP contribution in [0.1, 0.15) is 49.4 Å². The molecule has 1 N–H and O–H groups in total. The predicted octanol–water partition coefficient (Wildman–Crippen LogP) is 5.49. The fourth-order valence-electron chi connectivity index (χ4n) is 4.13. The Bertz CT molecular complexity index is 947. The standard InChI is InChI=1S/C23H27ClN2O2/c1-16-11-12-22(19(24)13-16)28-15-18(27)14-26-21-10-6-5-9-20(21)25-23(26)17-7-3-2-4-8-17/h5-6,9-13,17-18,27H,2-4,7-8,14-15H2,1H3. The topological polar surface area (TPSA) is 47.3 Å². The van der Waals surface area contributed by atoms with E-state index < -0.39 is 6.10 Å². The van der Waals surface area contributed by atoms with Crippen molar-refractivity contribution in [2.75, 3.05) is 6.61 Å². The smallest absolute Gasteiger partial charge is 0.138 e. The Morgan fingerprint density at radius 3 is 2.75 bits per heavy atom. The van der Waals surface area contributed by atoms with Gasteiger partial charge in [0.2, 0.25) is 0 Å². The number of rotatable bonds is 6. The van der Waals surface area contributed by atoms with E-state index in [-0.39, 0.29) is 6.61 Å². The molecule has 2 aromatic carbocycles. The van der Waals surface area contributed by atoms with Gasteiger partial charge in [-0.25, -0.2) is 4.98 Å². The molecule has 1 aliphatic rings. The van der Waals surface area contributed by atoms with E-state index in [1.165, 1.54) is 32.1 Å². The number of hydrogen-bond acceptors (Lipinski definition) is 3. The largest absolute Gasteiger partial charge is 0.489 e. The van der Waals surface area contributed by atoms with Crippen LogP contribution < -0.4 is 4.74 Å². The molecule has 0 saturated heterocycles. The van der Waals surface area contributed by atoms with Crippen LogP contribution in [-0.4, -0.2) is 27.4 Å². The Morgan fingerprint density at radius 1 is 1.18 bits per heavy atom. The number of aromatic nitrogens is 2. The number of fused-ring (bicyclic) bond motifs is 1. The zero-order valence-corrected chi connectivity index (χ0v) is 17.0. The molecule has 1 heterocycles. The van der Waals surface area contributed by atoms with Gasteiger partial charge >= 0.3 is 0 Å². The highest BCUT2D eigenvalue weighted by atomic mass is 35.5. The van der Waals surface area contributed by atoms with Crippen molar-refractivity contribution in [3.63, 3.8) is 0 Å². The van der Waals surface area contributed by atoms with Crippen molar-refractivity contribution < 1.29 is 9.84 Å². The molecule has 5 heteroatoms. The molecule has 1 saturated carbocycles. The van der Waals surface area contributed by atoms with Crippen molar-refractivity contribution in [1.29, 1.82) is 0 Å². The van der Waals surface area contributed by atoms with Crippen LogP contribution in [0.2, 0.25) is 5.02 Å². The molecule has 0 amide bonds. The van der Waals surface area contributed by atoms with E-state index in [0.717, 1.165) is 22.4 Å². The second kappa shape index (κ2) is 8.54. The van der Waals surface area contributed by atoms with E-state index in [0.29, 0.717) is 23.2 Å². The summed E-state index contributed by atoms with van der Waals surface area (Å²) in [7, 11) is 0. The minimum Gasteiger partial charge on any atom is -0.489 e. The van der Waals surface area contributed by atoms with Crippen LogP contribution in [0.5, 0.6) is 5.75 Å². The van der Waals surface area contributed by atoms with Crippen LogP contribution in [0, 0.1) is 6.92 Å². The summed E-state index contributed by atoms with van der Waals surface area (Å²) in [5.74, 6) is 2.18. The summed E-state index contributed by atoms with van der Waals surface area (Å²) in [5, 5.41) is 11.3. The zero-order chi connectivity index (χ0) is 19.5. The monoisotopic (exact) mass is 398 g/mol. The van der Waals surface area contributed by atoms with Crippen molar-refractivity contribution in [3.05, 3.63) is 58.9 Å². The van der Waals surface area contributed by atoms with Crippen LogP contribution in [0.15, 0.2) is 42.5 Å². The van der Waals surface area contributed by atoms with Crippen molar-refractivity contribution in [2.45, 2.75) is 57.6 Å². The van der Waals surface area contributed by atoms with Crippen molar-refractivity contribution in [3.8, 4) is 5.75 Å². The molecule has 4 nitrogen and oxygen atoms in total. The minimum atomic E-state index is -0.641. The first kappa shape index (κ1) is 19.3. The maximum absolute atomic E-state index is 10.7. The van der Waals surface area contributed by atoms with Crippen LogP contribution in [0.25, 0.3) is 11.0 Å². The number of ether oxygens (including phenoxy) is 1. The number of halogens is 1. The number of para-hydroxylation sites is 2. The molecule has 0 spiro atoms. The molecular weight excluding hydrogens is 372 g/mol. The molecule has 148 valence electrons. The summed E-state index contributed by atoms with van der Waals surface area (Å²) >= 11 is 6.24. The quantitative estimate of drug-likeness (QED) is 0.597. The average Bonchev–Trinajstić information content (AvgIpc) is 3.06. The SMILES string of the molecule is Cc1ccc(OCC(O)Cn2c(C3CCCCC3)nc3ccccc32)c(Cl)c1. The lowest BCUT2D eigenvalue weighted by Gasteiger charge is -2.23. The molecule has 1 fully saturated rings. The van der Waals surface area contributed by atoms with Crippen LogP contribution in [-0.2, 0) is 6.54 Å². The van der Waals surface area contributed by atoms with Gasteiger partial charge in [-0.15, -0.1) is 0 Å². The molecule has 4 rings (SSSR count). The van der Waals surface area contributed by atoms with E-state index in [9.17, 15) is 5.11 Å². The van der Waals surface area contributed by atoms with Gasteiger partial charge < -0.3 is 14.4 Å². The normalized spacial score (nSPS) is 16.4. The highest BCUT2D eigenvalue weighted by Crippen LogP contribution is 2.34. The Balaban J connectivity index is 1.52. The number of hydrogen-bond donors (Lipinski definition) is 1. The first-order valence-electron chi connectivity index (χ1n) is 10.1. The third kappa shape index (κ3) is 4.18. The molecular formula is C23H27ClN2O2. The van der Waals surface area contributed by atoms with Crippen molar-refractivity contribution in [1.82, 2.24) is 9.55 Å². The summed E-state index contributed by atoms with van der Waals surface area (Å²) in [6.07, 6.45) is 5.53. The lowest BCUT2D eigenvalue weighted by atomic mass is 9.88. The molecule has 3 aromatic rings. The highest BCUT2D eigenvalue weighted by molar-refractivity contribution is 6.32. The zero-order valence-electron chi connectivity index (χ0n) is 16.3. The van der Waals surface area contributed by atoms with E-state index in [1.807, 2.05) is 43.3 Å². The Kier molecular flexibility index (Phi) is 5.88. The third-order valence-corrected chi connectivity index (χ3v) is 5.86. The predicted molar refractivity (Wildman–Crippen MR) is 113 cm³/mol.